The summed E-state index contributed by atoms with van der Waals surface area (Å²) in [5.41, 5.74) is 0. The molecule has 0 aliphatic heterocycles. The van der Waals surface area contributed by atoms with Crippen molar-refractivity contribution in [1.29, 1.82) is 0 Å². The van der Waals surface area contributed by atoms with E-state index in [1.165, 1.54) is 4.90 Å². The Morgan fingerprint density at radius 1 is 1.22 bits per heavy atom. The molecule has 1 atom stereocenters. The van der Waals surface area contributed by atoms with Crippen LogP contribution in [0.5, 0.6) is 5.75 Å². The molecule has 0 aliphatic rings. The van der Waals surface area contributed by atoms with Crippen LogP contribution in [0.1, 0.15) is 13.3 Å². The molecule has 1 aromatic carbocycles. The van der Waals surface area contributed by atoms with Gasteiger partial charge in [-0.1, -0.05) is 6.92 Å². The lowest BCUT2D eigenvalue weighted by atomic mass is 10.3. The highest BCUT2D eigenvalue weighted by atomic mass is 32.2. The Balaban J connectivity index is 2.20. The fourth-order valence-corrected chi connectivity index (χ4v) is 2.53. The average Bonchev–Trinajstić information content (AvgIpc) is 2.39. The van der Waals surface area contributed by atoms with Crippen LogP contribution in [-0.4, -0.2) is 39.2 Å². The summed E-state index contributed by atoms with van der Waals surface area (Å²) in [4.78, 5) is 1.28. The van der Waals surface area contributed by atoms with Gasteiger partial charge in [0, 0.05) is 30.4 Å². The minimum absolute atomic E-state index is 0.556. The number of benzene rings is 1. The summed E-state index contributed by atoms with van der Waals surface area (Å²) < 4.78 is 10.2. The van der Waals surface area contributed by atoms with Gasteiger partial charge in [0.05, 0.1) is 7.11 Å². The normalized spacial score (nSPS) is 12.4. The molecule has 1 N–H and O–H groups in total. The highest BCUT2D eigenvalue weighted by molar-refractivity contribution is 8.00. The third kappa shape index (κ3) is 6.28. The van der Waals surface area contributed by atoms with Crippen LogP contribution in [0.2, 0.25) is 0 Å². The van der Waals surface area contributed by atoms with E-state index in [1.807, 2.05) is 23.9 Å². The van der Waals surface area contributed by atoms with Crippen LogP contribution in [-0.2, 0) is 4.74 Å². The molecule has 4 heteroatoms. The van der Waals surface area contributed by atoms with Gasteiger partial charge in [0.2, 0.25) is 0 Å². The lowest BCUT2D eigenvalue weighted by molar-refractivity contribution is 0.194. The minimum atomic E-state index is 0.556. The van der Waals surface area contributed by atoms with Crippen LogP contribution >= 0.6 is 11.8 Å². The van der Waals surface area contributed by atoms with Crippen LogP contribution in [0, 0.1) is 0 Å². The average molecular weight is 269 g/mol. The van der Waals surface area contributed by atoms with Crippen molar-refractivity contribution in [3.05, 3.63) is 24.3 Å². The van der Waals surface area contributed by atoms with Gasteiger partial charge in [-0.25, -0.2) is 0 Å². The van der Waals surface area contributed by atoms with E-state index < -0.39 is 0 Å². The molecule has 18 heavy (non-hydrogen) atoms. The van der Waals surface area contributed by atoms with E-state index >= 15 is 0 Å². The minimum Gasteiger partial charge on any atom is -0.497 e. The van der Waals surface area contributed by atoms with Gasteiger partial charge >= 0.3 is 0 Å². The SMILES string of the molecule is COCCCNCC(C)Sc1ccc(OC)cc1. The molecule has 0 radical (unpaired) electrons. The summed E-state index contributed by atoms with van der Waals surface area (Å²) in [5.74, 6) is 0.907. The van der Waals surface area contributed by atoms with E-state index in [1.54, 1.807) is 14.2 Å². The fraction of sp³-hybridized carbons (Fsp3) is 0.571. The zero-order valence-corrected chi connectivity index (χ0v) is 12.3. The highest BCUT2D eigenvalue weighted by Crippen LogP contribution is 2.24. The Labute approximate surface area is 114 Å². The first-order valence-electron chi connectivity index (χ1n) is 6.26. The second kappa shape index (κ2) is 9.25. The molecule has 0 heterocycles. The number of nitrogens with one attached hydrogen (secondary N) is 1. The van der Waals surface area contributed by atoms with Crippen molar-refractivity contribution in [2.75, 3.05) is 33.9 Å². The summed E-state index contributed by atoms with van der Waals surface area (Å²) in [6.07, 6.45) is 1.07. The Bertz CT molecular complexity index is 316. The molecule has 0 aromatic heterocycles. The lowest BCUT2D eigenvalue weighted by Crippen LogP contribution is -2.24. The molecule has 0 saturated carbocycles. The molecule has 1 aromatic rings. The van der Waals surface area contributed by atoms with Crippen molar-refractivity contribution < 1.29 is 9.47 Å². The quantitative estimate of drug-likeness (QED) is 0.551. The van der Waals surface area contributed by atoms with Gasteiger partial charge in [-0.3, -0.25) is 0 Å². The Hall–Kier alpha value is -0.710. The van der Waals surface area contributed by atoms with Crippen molar-refractivity contribution in [3.8, 4) is 5.75 Å². The number of hydrogen-bond acceptors (Lipinski definition) is 4. The van der Waals surface area contributed by atoms with Gasteiger partial charge in [-0.2, -0.15) is 0 Å². The largest absolute Gasteiger partial charge is 0.497 e. The predicted molar refractivity (Wildman–Crippen MR) is 77.7 cm³/mol. The monoisotopic (exact) mass is 269 g/mol. The van der Waals surface area contributed by atoms with Gasteiger partial charge in [-0.15, -0.1) is 11.8 Å². The Kier molecular flexibility index (Phi) is 7.89. The van der Waals surface area contributed by atoms with Crippen molar-refractivity contribution in [2.24, 2.45) is 0 Å². The first-order chi connectivity index (χ1) is 8.76. The van der Waals surface area contributed by atoms with E-state index in [-0.39, 0.29) is 0 Å². The first kappa shape index (κ1) is 15.3. The maximum atomic E-state index is 5.14. The van der Waals surface area contributed by atoms with Gasteiger partial charge in [0.1, 0.15) is 5.75 Å². The van der Waals surface area contributed by atoms with Crippen LogP contribution < -0.4 is 10.1 Å². The van der Waals surface area contributed by atoms with Gasteiger partial charge in [0.25, 0.3) is 0 Å². The van der Waals surface area contributed by atoms with E-state index in [9.17, 15) is 0 Å². The topological polar surface area (TPSA) is 30.5 Å². The maximum Gasteiger partial charge on any atom is 0.118 e. The van der Waals surface area contributed by atoms with E-state index in [4.69, 9.17) is 9.47 Å². The lowest BCUT2D eigenvalue weighted by Gasteiger charge is -2.12. The van der Waals surface area contributed by atoms with Crippen LogP contribution in [0.3, 0.4) is 0 Å². The number of rotatable bonds is 9. The molecule has 0 bridgehead atoms. The first-order valence-corrected chi connectivity index (χ1v) is 7.14. The van der Waals surface area contributed by atoms with Crippen LogP contribution in [0.4, 0.5) is 0 Å². The molecule has 102 valence electrons. The summed E-state index contributed by atoms with van der Waals surface area (Å²) in [6.45, 7) is 5.09. The van der Waals surface area contributed by atoms with E-state index in [2.05, 4.69) is 24.4 Å². The molecule has 0 spiro atoms. The molecule has 3 nitrogen and oxygen atoms in total. The van der Waals surface area contributed by atoms with E-state index in [0.29, 0.717) is 5.25 Å². The molecule has 1 rings (SSSR count). The standard InChI is InChI=1S/C14H23NO2S/c1-12(11-15-9-4-10-16-2)18-14-7-5-13(17-3)6-8-14/h5-8,12,15H,4,9-11H2,1-3H3. The molecule has 1 unspecified atom stereocenters. The third-order valence-electron chi connectivity index (χ3n) is 2.53. The molecular weight excluding hydrogens is 246 g/mol. The van der Waals surface area contributed by atoms with Crippen molar-refractivity contribution in [3.63, 3.8) is 0 Å². The third-order valence-corrected chi connectivity index (χ3v) is 3.64. The summed E-state index contributed by atoms with van der Waals surface area (Å²) in [6, 6.07) is 8.21. The molecule has 0 amide bonds. The van der Waals surface area contributed by atoms with Crippen LogP contribution in [0.25, 0.3) is 0 Å². The number of hydrogen-bond donors (Lipinski definition) is 1. The van der Waals surface area contributed by atoms with Crippen molar-refractivity contribution in [2.45, 2.75) is 23.5 Å². The second-order valence-electron chi connectivity index (χ2n) is 4.15. The van der Waals surface area contributed by atoms with Crippen molar-refractivity contribution in [1.82, 2.24) is 5.32 Å². The molecule has 0 saturated heterocycles. The van der Waals surface area contributed by atoms with Crippen LogP contribution in [0.15, 0.2) is 29.2 Å². The molecule has 0 aliphatic carbocycles. The number of ether oxygens (including phenoxy) is 2. The zero-order chi connectivity index (χ0) is 13.2. The fourth-order valence-electron chi connectivity index (χ4n) is 1.58. The number of methoxy groups -OCH3 is 2. The van der Waals surface area contributed by atoms with E-state index in [0.717, 1.165) is 31.9 Å². The summed E-state index contributed by atoms with van der Waals surface area (Å²) in [7, 11) is 3.43. The zero-order valence-electron chi connectivity index (χ0n) is 11.4. The molecule has 0 fully saturated rings. The second-order valence-corrected chi connectivity index (χ2v) is 5.67. The summed E-state index contributed by atoms with van der Waals surface area (Å²) >= 11 is 1.88. The predicted octanol–water partition coefficient (Wildman–Crippen LogP) is 2.80. The van der Waals surface area contributed by atoms with Gasteiger partial charge in [0.15, 0.2) is 0 Å². The summed E-state index contributed by atoms with van der Waals surface area (Å²) in [5, 5.41) is 3.99. The number of thioether (sulfide) groups is 1. The Morgan fingerprint density at radius 3 is 2.56 bits per heavy atom. The molecular formula is C14H23NO2S. The maximum absolute atomic E-state index is 5.14. The van der Waals surface area contributed by atoms with Crippen molar-refractivity contribution >= 4 is 11.8 Å². The highest BCUT2D eigenvalue weighted by Gasteiger charge is 2.04. The Morgan fingerprint density at radius 2 is 1.94 bits per heavy atom. The van der Waals surface area contributed by atoms with Gasteiger partial charge in [-0.05, 0) is 37.2 Å². The smallest absolute Gasteiger partial charge is 0.118 e. The van der Waals surface area contributed by atoms with Gasteiger partial charge < -0.3 is 14.8 Å².